The second kappa shape index (κ2) is 8.44. The van der Waals surface area contributed by atoms with Crippen LogP contribution in [0.1, 0.15) is 30.4 Å². The van der Waals surface area contributed by atoms with Crippen molar-refractivity contribution in [3.05, 3.63) is 59.7 Å². The fourth-order valence-corrected chi connectivity index (χ4v) is 2.38. The molecule has 0 heterocycles. The second-order valence-corrected chi connectivity index (χ2v) is 5.38. The van der Waals surface area contributed by atoms with Gasteiger partial charge in [0.2, 0.25) is 0 Å². The first kappa shape index (κ1) is 16.4. The number of benzene rings is 2. The average Bonchev–Trinajstić information content (AvgIpc) is 2.54. The maximum absolute atomic E-state index is 5.90. The molecule has 3 heteroatoms. The molecule has 1 unspecified atom stereocenters. The second-order valence-electron chi connectivity index (χ2n) is 5.38. The van der Waals surface area contributed by atoms with Gasteiger partial charge in [-0.05, 0) is 62.6 Å². The molecule has 2 N–H and O–H groups in total. The molecule has 0 saturated carbocycles. The molecular weight excluding hydrogens is 274 g/mol. The van der Waals surface area contributed by atoms with Gasteiger partial charge in [-0.1, -0.05) is 29.8 Å². The molecule has 0 radical (unpaired) electrons. The van der Waals surface area contributed by atoms with E-state index < -0.39 is 0 Å². The van der Waals surface area contributed by atoms with Crippen molar-refractivity contribution in [3.63, 3.8) is 0 Å². The average molecular weight is 299 g/mol. The van der Waals surface area contributed by atoms with Gasteiger partial charge in [-0.3, -0.25) is 0 Å². The number of aryl methyl sites for hydroxylation is 1. The first-order valence-corrected chi connectivity index (χ1v) is 7.85. The number of nitrogens with two attached hydrogens (primary N) is 1. The maximum atomic E-state index is 5.90. The highest BCUT2D eigenvalue weighted by molar-refractivity contribution is 5.31. The molecule has 0 aromatic heterocycles. The Kier molecular flexibility index (Phi) is 6.28. The van der Waals surface area contributed by atoms with Crippen molar-refractivity contribution in [2.75, 3.05) is 19.8 Å². The Hall–Kier alpha value is -2.00. The molecule has 0 aliphatic carbocycles. The van der Waals surface area contributed by atoms with E-state index in [9.17, 15) is 0 Å². The molecule has 2 aromatic rings. The zero-order valence-corrected chi connectivity index (χ0v) is 13.4. The van der Waals surface area contributed by atoms with Crippen LogP contribution in [0.2, 0.25) is 0 Å². The summed E-state index contributed by atoms with van der Waals surface area (Å²) in [6.45, 7) is 6.03. The van der Waals surface area contributed by atoms with Crippen molar-refractivity contribution in [3.8, 4) is 11.5 Å². The van der Waals surface area contributed by atoms with Gasteiger partial charge in [0.25, 0.3) is 0 Å². The third-order valence-electron chi connectivity index (χ3n) is 3.70. The van der Waals surface area contributed by atoms with Gasteiger partial charge in [0.15, 0.2) is 0 Å². The van der Waals surface area contributed by atoms with E-state index in [1.807, 2.05) is 31.2 Å². The number of hydrogen-bond donors (Lipinski definition) is 1. The Labute approximate surface area is 133 Å². The van der Waals surface area contributed by atoms with E-state index in [4.69, 9.17) is 15.2 Å². The third kappa shape index (κ3) is 4.78. The van der Waals surface area contributed by atoms with Crippen molar-refractivity contribution in [1.29, 1.82) is 0 Å². The Morgan fingerprint density at radius 3 is 2.05 bits per heavy atom. The standard InChI is InChI=1S/C19H25NO2/c1-3-21-18-8-10-19(11-9-18)22-13-12-17(14-20)16-6-4-15(2)5-7-16/h4-11,17H,3,12-14,20H2,1-2H3. The van der Waals surface area contributed by atoms with Crippen molar-refractivity contribution in [2.24, 2.45) is 5.73 Å². The van der Waals surface area contributed by atoms with Crippen LogP contribution in [-0.4, -0.2) is 19.8 Å². The summed E-state index contributed by atoms with van der Waals surface area (Å²) in [5.74, 6) is 2.07. The smallest absolute Gasteiger partial charge is 0.119 e. The Balaban J connectivity index is 1.84. The largest absolute Gasteiger partial charge is 0.494 e. The molecule has 0 amide bonds. The predicted molar refractivity (Wildman–Crippen MR) is 90.7 cm³/mol. The predicted octanol–water partition coefficient (Wildman–Crippen LogP) is 3.91. The van der Waals surface area contributed by atoms with Crippen molar-refractivity contribution in [2.45, 2.75) is 26.2 Å². The third-order valence-corrected chi connectivity index (χ3v) is 3.70. The van der Waals surface area contributed by atoms with Gasteiger partial charge in [0, 0.05) is 0 Å². The van der Waals surface area contributed by atoms with Gasteiger partial charge in [0.1, 0.15) is 11.5 Å². The molecule has 0 bridgehead atoms. The molecule has 0 saturated heterocycles. The van der Waals surface area contributed by atoms with E-state index in [0.29, 0.717) is 25.7 Å². The highest BCUT2D eigenvalue weighted by Crippen LogP contribution is 2.21. The summed E-state index contributed by atoms with van der Waals surface area (Å²) in [7, 11) is 0. The fourth-order valence-electron chi connectivity index (χ4n) is 2.38. The zero-order chi connectivity index (χ0) is 15.8. The topological polar surface area (TPSA) is 44.5 Å². The molecule has 2 rings (SSSR count). The lowest BCUT2D eigenvalue weighted by Crippen LogP contribution is -2.15. The number of hydrogen-bond acceptors (Lipinski definition) is 3. The lowest BCUT2D eigenvalue weighted by molar-refractivity contribution is 0.296. The highest BCUT2D eigenvalue weighted by atomic mass is 16.5. The van der Waals surface area contributed by atoms with E-state index in [1.165, 1.54) is 11.1 Å². The van der Waals surface area contributed by atoms with Gasteiger partial charge < -0.3 is 15.2 Å². The summed E-state index contributed by atoms with van der Waals surface area (Å²) in [5.41, 5.74) is 8.45. The summed E-state index contributed by atoms with van der Waals surface area (Å²) < 4.78 is 11.2. The van der Waals surface area contributed by atoms with E-state index in [-0.39, 0.29) is 0 Å². The molecule has 2 aromatic carbocycles. The van der Waals surface area contributed by atoms with Gasteiger partial charge in [0.05, 0.1) is 13.2 Å². The van der Waals surface area contributed by atoms with Crippen LogP contribution in [0.25, 0.3) is 0 Å². The molecule has 3 nitrogen and oxygen atoms in total. The summed E-state index contributed by atoms with van der Waals surface area (Å²) in [5, 5.41) is 0. The maximum Gasteiger partial charge on any atom is 0.119 e. The van der Waals surface area contributed by atoms with Crippen LogP contribution in [-0.2, 0) is 0 Å². The minimum Gasteiger partial charge on any atom is -0.494 e. The van der Waals surface area contributed by atoms with Crippen LogP contribution in [0, 0.1) is 6.92 Å². The van der Waals surface area contributed by atoms with Crippen molar-refractivity contribution < 1.29 is 9.47 Å². The van der Waals surface area contributed by atoms with Crippen molar-refractivity contribution in [1.82, 2.24) is 0 Å². The van der Waals surface area contributed by atoms with Gasteiger partial charge in [-0.25, -0.2) is 0 Å². The lowest BCUT2D eigenvalue weighted by atomic mass is 9.95. The van der Waals surface area contributed by atoms with Crippen molar-refractivity contribution >= 4 is 0 Å². The molecule has 0 spiro atoms. The van der Waals surface area contributed by atoms with Crippen LogP contribution in [0.15, 0.2) is 48.5 Å². The first-order chi connectivity index (χ1) is 10.7. The summed E-state index contributed by atoms with van der Waals surface area (Å²) in [4.78, 5) is 0. The van der Waals surface area contributed by atoms with E-state index in [2.05, 4.69) is 31.2 Å². The van der Waals surface area contributed by atoms with Gasteiger partial charge in [-0.2, -0.15) is 0 Å². The molecule has 22 heavy (non-hydrogen) atoms. The van der Waals surface area contributed by atoms with E-state index in [1.54, 1.807) is 0 Å². The first-order valence-electron chi connectivity index (χ1n) is 7.85. The Morgan fingerprint density at radius 2 is 1.50 bits per heavy atom. The molecule has 118 valence electrons. The zero-order valence-electron chi connectivity index (χ0n) is 13.4. The fraction of sp³-hybridized carbons (Fsp3) is 0.368. The summed E-state index contributed by atoms with van der Waals surface area (Å²) in [6.07, 6.45) is 0.909. The van der Waals surface area contributed by atoms with Crippen LogP contribution < -0.4 is 15.2 Å². The molecule has 0 aliphatic heterocycles. The van der Waals surface area contributed by atoms with Crippen LogP contribution >= 0.6 is 0 Å². The quantitative estimate of drug-likeness (QED) is 0.804. The highest BCUT2D eigenvalue weighted by Gasteiger charge is 2.09. The van der Waals surface area contributed by atoms with E-state index in [0.717, 1.165) is 17.9 Å². The monoisotopic (exact) mass is 299 g/mol. The summed E-state index contributed by atoms with van der Waals surface area (Å²) >= 11 is 0. The Bertz CT molecular complexity index is 549. The van der Waals surface area contributed by atoms with Gasteiger partial charge in [-0.15, -0.1) is 0 Å². The molecule has 0 aliphatic rings. The minimum absolute atomic E-state index is 0.336. The normalized spacial score (nSPS) is 12.0. The van der Waals surface area contributed by atoms with Crippen LogP contribution in [0.3, 0.4) is 0 Å². The van der Waals surface area contributed by atoms with Gasteiger partial charge >= 0.3 is 0 Å². The SMILES string of the molecule is CCOc1ccc(OCCC(CN)c2ccc(C)cc2)cc1. The minimum atomic E-state index is 0.336. The molecule has 0 fully saturated rings. The molecule has 1 atom stereocenters. The van der Waals surface area contributed by atoms with Crippen LogP contribution in [0.5, 0.6) is 11.5 Å². The van der Waals surface area contributed by atoms with Crippen LogP contribution in [0.4, 0.5) is 0 Å². The lowest BCUT2D eigenvalue weighted by Gasteiger charge is -2.16. The molecular formula is C19H25NO2. The Morgan fingerprint density at radius 1 is 0.909 bits per heavy atom. The van der Waals surface area contributed by atoms with E-state index >= 15 is 0 Å². The number of rotatable bonds is 8. The number of ether oxygens (including phenoxy) is 2. The summed E-state index contributed by atoms with van der Waals surface area (Å²) in [6, 6.07) is 16.3.